The Balaban J connectivity index is 1.89. The molecule has 1 aliphatic rings. The first-order valence-corrected chi connectivity index (χ1v) is 10.4. The Hall–Kier alpha value is -1.06. The molecule has 3 heteroatoms. The van der Waals surface area contributed by atoms with Crippen molar-refractivity contribution in [2.45, 2.75) is 78.4 Å². The molecule has 0 aliphatic carbocycles. The molecule has 1 aliphatic heterocycles. The zero-order chi connectivity index (χ0) is 19.0. The average Bonchev–Trinajstić information content (AvgIpc) is 2.64. The van der Waals surface area contributed by atoms with Crippen LogP contribution in [0.3, 0.4) is 0 Å². The Morgan fingerprint density at radius 3 is 2.54 bits per heavy atom. The Morgan fingerprint density at radius 1 is 1.19 bits per heavy atom. The molecule has 2 atom stereocenters. The highest BCUT2D eigenvalue weighted by Crippen LogP contribution is 2.46. The summed E-state index contributed by atoms with van der Waals surface area (Å²) in [4.78, 5) is 0. The number of hydrogen-bond acceptors (Lipinski definition) is 3. The maximum absolute atomic E-state index is 6.14. The fourth-order valence-corrected chi connectivity index (χ4v) is 4.15. The van der Waals surface area contributed by atoms with Gasteiger partial charge in [0.1, 0.15) is 5.75 Å². The number of nitrogens with one attached hydrogen (secondary N) is 1. The third kappa shape index (κ3) is 6.28. The van der Waals surface area contributed by atoms with Crippen LogP contribution < -0.4 is 10.1 Å². The summed E-state index contributed by atoms with van der Waals surface area (Å²) in [6, 6.07) is 8.35. The quantitative estimate of drug-likeness (QED) is 0.552. The second kappa shape index (κ2) is 9.75. The van der Waals surface area contributed by atoms with Crippen molar-refractivity contribution in [3.8, 4) is 5.75 Å². The zero-order valence-corrected chi connectivity index (χ0v) is 17.6. The average molecular weight is 362 g/mol. The van der Waals surface area contributed by atoms with Crippen LogP contribution in [-0.2, 0) is 11.3 Å². The van der Waals surface area contributed by atoms with E-state index in [1.165, 1.54) is 37.7 Å². The van der Waals surface area contributed by atoms with Gasteiger partial charge < -0.3 is 14.8 Å². The van der Waals surface area contributed by atoms with Crippen molar-refractivity contribution in [2.75, 3.05) is 20.3 Å². The maximum atomic E-state index is 6.14. The summed E-state index contributed by atoms with van der Waals surface area (Å²) in [5, 5.41) is 3.66. The van der Waals surface area contributed by atoms with Gasteiger partial charge in [-0.25, -0.2) is 0 Å². The van der Waals surface area contributed by atoms with Gasteiger partial charge >= 0.3 is 0 Å². The van der Waals surface area contributed by atoms with Gasteiger partial charge in [-0.3, -0.25) is 0 Å². The predicted octanol–water partition coefficient (Wildman–Crippen LogP) is 5.58. The van der Waals surface area contributed by atoms with Crippen molar-refractivity contribution < 1.29 is 9.47 Å². The van der Waals surface area contributed by atoms with Crippen LogP contribution in [0.15, 0.2) is 24.3 Å². The van der Waals surface area contributed by atoms with E-state index >= 15 is 0 Å². The van der Waals surface area contributed by atoms with E-state index in [9.17, 15) is 0 Å². The Bertz CT molecular complexity index is 528. The maximum Gasteiger partial charge on any atom is 0.118 e. The van der Waals surface area contributed by atoms with E-state index in [0.29, 0.717) is 5.41 Å². The van der Waals surface area contributed by atoms with Crippen LogP contribution in [0.4, 0.5) is 0 Å². The summed E-state index contributed by atoms with van der Waals surface area (Å²) in [5.41, 5.74) is 1.80. The second-order valence-corrected chi connectivity index (χ2v) is 8.79. The molecule has 1 fully saturated rings. The van der Waals surface area contributed by atoms with E-state index in [2.05, 4.69) is 45.1 Å². The van der Waals surface area contributed by atoms with Gasteiger partial charge in [-0.1, -0.05) is 39.3 Å². The van der Waals surface area contributed by atoms with Gasteiger partial charge in [0.15, 0.2) is 0 Å². The minimum absolute atomic E-state index is 0.0607. The fraction of sp³-hybridized carbons (Fsp3) is 0.739. The molecule has 0 aromatic heterocycles. The standard InChI is InChI=1S/C23H39NO2/c1-6-22(4)18-23(14-16-26-22,12-11-19(2)3)13-15-24-17-20-7-9-21(25-5)10-8-20/h7-10,19,24H,6,11-18H2,1-5H3. The molecular formula is C23H39NO2. The first-order chi connectivity index (χ1) is 12.4. The molecule has 1 saturated heterocycles. The largest absolute Gasteiger partial charge is 0.497 e. The number of ether oxygens (including phenoxy) is 2. The predicted molar refractivity (Wildman–Crippen MR) is 110 cm³/mol. The van der Waals surface area contributed by atoms with E-state index in [1.807, 2.05) is 12.1 Å². The molecule has 0 amide bonds. The summed E-state index contributed by atoms with van der Waals surface area (Å²) >= 11 is 0. The lowest BCUT2D eigenvalue weighted by atomic mass is 9.67. The van der Waals surface area contributed by atoms with Crippen molar-refractivity contribution in [3.63, 3.8) is 0 Å². The third-order valence-electron chi connectivity index (χ3n) is 6.15. The molecule has 1 aromatic carbocycles. The van der Waals surface area contributed by atoms with E-state index in [0.717, 1.165) is 37.8 Å². The lowest BCUT2D eigenvalue weighted by Gasteiger charge is -2.47. The Morgan fingerprint density at radius 2 is 1.92 bits per heavy atom. The molecule has 148 valence electrons. The van der Waals surface area contributed by atoms with Gasteiger partial charge in [0.2, 0.25) is 0 Å². The normalized spacial score (nSPS) is 26.2. The lowest BCUT2D eigenvalue weighted by Crippen LogP contribution is -2.44. The van der Waals surface area contributed by atoms with Crippen LogP contribution in [-0.4, -0.2) is 25.9 Å². The number of methoxy groups -OCH3 is 1. The van der Waals surface area contributed by atoms with Crippen molar-refractivity contribution >= 4 is 0 Å². The van der Waals surface area contributed by atoms with Gasteiger partial charge in [0, 0.05) is 13.2 Å². The first kappa shape index (κ1) is 21.2. The lowest BCUT2D eigenvalue weighted by molar-refractivity contribution is -0.122. The van der Waals surface area contributed by atoms with E-state index < -0.39 is 0 Å². The van der Waals surface area contributed by atoms with E-state index in [-0.39, 0.29) is 5.60 Å². The molecule has 1 aromatic rings. The van der Waals surface area contributed by atoms with Crippen LogP contribution >= 0.6 is 0 Å². The molecule has 2 rings (SSSR count). The van der Waals surface area contributed by atoms with Crippen molar-refractivity contribution in [3.05, 3.63) is 29.8 Å². The van der Waals surface area contributed by atoms with Crippen LogP contribution in [0.2, 0.25) is 0 Å². The van der Waals surface area contributed by atoms with E-state index in [4.69, 9.17) is 9.47 Å². The van der Waals surface area contributed by atoms with Crippen molar-refractivity contribution in [1.82, 2.24) is 5.32 Å². The molecule has 1 heterocycles. The number of benzene rings is 1. The van der Waals surface area contributed by atoms with E-state index in [1.54, 1.807) is 7.11 Å². The van der Waals surface area contributed by atoms with Gasteiger partial charge in [0.05, 0.1) is 12.7 Å². The Labute approximate surface area is 160 Å². The van der Waals surface area contributed by atoms with Crippen LogP contribution in [0.1, 0.15) is 71.8 Å². The molecule has 0 spiro atoms. The molecule has 0 saturated carbocycles. The second-order valence-electron chi connectivity index (χ2n) is 8.79. The van der Waals surface area contributed by atoms with Crippen molar-refractivity contribution in [2.24, 2.45) is 11.3 Å². The first-order valence-electron chi connectivity index (χ1n) is 10.4. The van der Waals surface area contributed by atoms with Gasteiger partial charge in [-0.2, -0.15) is 0 Å². The topological polar surface area (TPSA) is 30.5 Å². The molecular weight excluding hydrogens is 322 g/mol. The summed E-state index contributed by atoms with van der Waals surface area (Å²) in [6.45, 7) is 12.2. The highest BCUT2D eigenvalue weighted by Gasteiger charge is 2.41. The van der Waals surface area contributed by atoms with Gasteiger partial charge in [-0.05, 0) is 74.6 Å². The summed E-state index contributed by atoms with van der Waals surface area (Å²) in [6.07, 6.45) is 7.41. The number of hydrogen-bond donors (Lipinski definition) is 1. The van der Waals surface area contributed by atoms with Gasteiger partial charge in [-0.15, -0.1) is 0 Å². The van der Waals surface area contributed by atoms with Gasteiger partial charge in [0.25, 0.3) is 0 Å². The SMILES string of the molecule is CCC1(C)CC(CCNCc2ccc(OC)cc2)(CCC(C)C)CCO1. The summed E-state index contributed by atoms with van der Waals surface area (Å²) in [5.74, 6) is 1.69. The molecule has 0 radical (unpaired) electrons. The zero-order valence-electron chi connectivity index (χ0n) is 17.6. The third-order valence-corrected chi connectivity index (χ3v) is 6.15. The summed E-state index contributed by atoms with van der Waals surface area (Å²) in [7, 11) is 1.71. The Kier molecular flexibility index (Phi) is 7.97. The highest BCUT2D eigenvalue weighted by molar-refractivity contribution is 5.26. The van der Waals surface area contributed by atoms with Crippen LogP contribution in [0.25, 0.3) is 0 Å². The molecule has 0 bridgehead atoms. The molecule has 2 unspecified atom stereocenters. The minimum Gasteiger partial charge on any atom is -0.497 e. The molecule has 1 N–H and O–H groups in total. The number of rotatable bonds is 10. The van der Waals surface area contributed by atoms with Crippen LogP contribution in [0.5, 0.6) is 5.75 Å². The summed E-state index contributed by atoms with van der Waals surface area (Å²) < 4.78 is 11.4. The highest BCUT2D eigenvalue weighted by atomic mass is 16.5. The minimum atomic E-state index is 0.0607. The smallest absolute Gasteiger partial charge is 0.118 e. The van der Waals surface area contributed by atoms with Crippen molar-refractivity contribution in [1.29, 1.82) is 0 Å². The fourth-order valence-electron chi connectivity index (χ4n) is 4.15. The molecule has 26 heavy (non-hydrogen) atoms. The monoisotopic (exact) mass is 361 g/mol. The molecule has 3 nitrogen and oxygen atoms in total. The van der Waals surface area contributed by atoms with Crippen LogP contribution in [0, 0.1) is 11.3 Å².